The van der Waals surface area contributed by atoms with Crippen molar-refractivity contribution in [1.29, 1.82) is 0 Å². The van der Waals surface area contributed by atoms with Gasteiger partial charge < -0.3 is 24.3 Å². The second kappa shape index (κ2) is 11.6. The van der Waals surface area contributed by atoms with Crippen molar-refractivity contribution in [2.24, 2.45) is 0 Å². The van der Waals surface area contributed by atoms with E-state index in [0.717, 1.165) is 6.20 Å². The summed E-state index contributed by atoms with van der Waals surface area (Å²) in [6.45, 7) is 9.10. The summed E-state index contributed by atoms with van der Waals surface area (Å²) in [5.74, 6) is -0.737. The normalized spacial score (nSPS) is 16.7. The number of hydrogen-bond donors (Lipinski definition) is 3. The van der Waals surface area contributed by atoms with Crippen molar-refractivity contribution in [2.45, 2.75) is 51.4 Å². The van der Waals surface area contributed by atoms with Gasteiger partial charge in [0.15, 0.2) is 0 Å². The molecule has 1 atom stereocenters. The van der Waals surface area contributed by atoms with Gasteiger partial charge in [0, 0.05) is 47.8 Å². The largest absolute Gasteiger partial charge is 0.465 e. The number of halogens is 3. The van der Waals surface area contributed by atoms with Crippen molar-refractivity contribution in [2.75, 3.05) is 38.8 Å². The number of amides is 1. The number of methoxy groups -OCH3 is 1. The number of hydrogen-bond acceptors (Lipinski definition) is 9. The minimum absolute atomic E-state index is 0.0282. The van der Waals surface area contributed by atoms with Crippen molar-refractivity contribution in [3.63, 3.8) is 0 Å². The summed E-state index contributed by atoms with van der Waals surface area (Å²) >= 11 is 0. The molecule has 1 fully saturated rings. The molecule has 0 radical (unpaired) electrons. The highest BCUT2D eigenvalue weighted by Gasteiger charge is 2.37. The molecule has 3 heterocycles. The van der Waals surface area contributed by atoms with Crippen LogP contribution in [0.1, 0.15) is 49.5 Å². The molecule has 3 N–H and O–H groups in total. The SMILES string of the molecule is COC(=O)c1ccc2c(-c3nc(N[C@H]4CCCN(NC(=O)OC(C)(C)C)C4)ncc3C(F)(F)F)c[nH]c2c1P(C)(C)=O. The number of aromatic amines is 1. The molecule has 0 aliphatic carbocycles. The Morgan fingerprint density at radius 1 is 1.19 bits per heavy atom. The summed E-state index contributed by atoms with van der Waals surface area (Å²) in [4.78, 5) is 35.7. The Kier molecular flexibility index (Phi) is 8.62. The van der Waals surface area contributed by atoms with Gasteiger partial charge in [0.05, 0.1) is 23.9 Å². The van der Waals surface area contributed by atoms with Gasteiger partial charge in [-0.3, -0.25) is 5.43 Å². The zero-order chi connectivity index (χ0) is 31.0. The summed E-state index contributed by atoms with van der Waals surface area (Å²) in [6.07, 6.45) is -1.94. The topological polar surface area (TPSA) is 139 Å². The van der Waals surface area contributed by atoms with Crippen LogP contribution >= 0.6 is 7.14 Å². The van der Waals surface area contributed by atoms with Crippen LogP contribution in [0.5, 0.6) is 0 Å². The number of H-pyrrole nitrogens is 1. The number of carbonyl (C=O) groups excluding carboxylic acids is 2. The Labute approximate surface area is 240 Å². The molecule has 42 heavy (non-hydrogen) atoms. The average molecular weight is 611 g/mol. The predicted molar refractivity (Wildman–Crippen MR) is 152 cm³/mol. The first-order chi connectivity index (χ1) is 19.5. The van der Waals surface area contributed by atoms with Gasteiger partial charge >= 0.3 is 18.2 Å². The summed E-state index contributed by atoms with van der Waals surface area (Å²) in [6, 6.07) is 2.59. The summed E-state index contributed by atoms with van der Waals surface area (Å²) in [7, 11) is -1.90. The molecule has 11 nitrogen and oxygen atoms in total. The van der Waals surface area contributed by atoms with E-state index in [4.69, 9.17) is 9.47 Å². The second-order valence-electron chi connectivity index (χ2n) is 11.4. The highest BCUT2D eigenvalue weighted by atomic mass is 31.2. The van der Waals surface area contributed by atoms with E-state index >= 15 is 0 Å². The summed E-state index contributed by atoms with van der Waals surface area (Å²) in [5, 5.41) is 5.25. The van der Waals surface area contributed by atoms with Crippen molar-refractivity contribution in [3.8, 4) is 11.3 Å². The van der Waals surface area contributed by atoms with Crippen LogP contribution in [-0.4, -0.2) is 77.2 Å². The van der Waals surface area contributed by atoms with Crippen molar-refractivity contribution >= 4 is 41.4 Å². The molecule has 1 aliphatic rings. The molecular formula is C27H34F3N6O5P. The van der Waals surface area contributed by atoms with Gasteiger partial charge in [-0.1, -0.05) is 6.07 Å². The van der Waals surface area contributed by atoms with Crippen LogP contribution in [-0.2, 0) is 20.2 Å². The fraction of sp³-hybridized carbons (Fsp3) is 0.481. The Balaban J connectivity index is 1.69. The van der Waals surface area contributed by atoms with E-state index in [1.54, 1.807) is 25.8 Å². The number of alkyl halides is 3. The quantitative estimate of drug-likeness (QED) is 0.260. The van der Waals surface area contributed by atoms with Gasteiger partial charge in [-0.2, -0.15) is 13.2 Å². The zero-order valence-corrected chi connectivity index (χ0v) is 25.1. The molecule has 0 spiro atoms. The Hall–Kier alpha value is -3.64. The number of benzene rings is 1. The standard InChI is InChI=1S/C27H34F3N6O5P/c1-26(2,3)41-25(38)35-36-11-7-8-15(14-36)33-24-32-13-19(27(28,29)30)20(34-24)18-12-31-21-16(18)9-10-17(23(37)40-4)22(21)42(5,6)39/h9-10,12-13,15,31H,7-8,11,14H2,1-6H3,(H,35,38)(H,32,33,34)/t15-/m0/s1. The first kappa shape index (κ1) is 31.3. The van der Waals surface area contributed by atoms with E-state index in [-0.39, 0.29) is 39.6 Å². The van der Waals surface area contributed by atoms with Gasteiger partial charge in [-0.05, 0) is 53.0 Å². The second-order valence-corrected chi connectivity index (χ2v) is 14.6. The molecule has 1 amide bonds. The smallest absolute Gasteiger partial charge is 0.422 e. The third-order valence-corrected chi connectivity index (χ3v) is 8.07. The van der Waals surface area contributed by atoms with Gasteiger partial charge in [-0.15, -0.1) is 0 Å². The lowest BCUT2D eigenvalue weighted by molar-refractivity contribution is -0.137. The molecular weight excluding hydrogens is 576 g/mol. The lowest BCUT2D eigenvalue weighted by Crippen LogP contribution is -2.52. The molecule has 3 aromatic rings. The first-order valence-electron chi connectivity index (χ1n) is 13.2. The van der Waals surface area contributed by atoms with E-state index in [0.29, 0.717) is 31.3 Å². The van der Waals surface area contributed by atoms with Crippen LogP contribution in [0.15, 0.2) is 24.5 Å². The number of anilines is 1. The predicted octanol–water partition coefficient (Wildman–Crippen LogP) is 4.99. The highest BCUT2D eigenvalue weighted by molar-refractivity contribution is 7.70. The van der Waals surface area contributed by atoms with E-state index in [2.05, 4.69) is 25.7 Å². The number of ether oxygens (including phenoxy) is 2. The average Bonchev–Trinajstić information content (AvgIpc) is 3.29. The molecule has 2 aromatic heterocycles. The van der Waals surface area contributed by atoms with Gasteiger partial charge in [-0.25, -0.2) is 24.6 Å². The van der Waals surface area contributed by atoms with Crippen molar-refractivity contribution in [3.05, 3.63) is 35.7 Å². The molecule has 4 rings (SSSR count). The molecule has 0 unspecified atom stereocenters. The third kappa shape index (κ3) is 7.04. The molecule has 1 saturated heterocycles. The molecule has 1 aliphatic heterocycles. The van der Waals surface area contributed by atoms with Crippen LogP contribution in [0.25, 0.3) is 22.2 Å². The molecule has 15 heteroatoms. The van der Waals surface area contributed by atoms with Gasteiger partial charge in [0.1, 0.15) is 18.3 Å². The van der Waals surface area contributed by atoms with Crippen LogP contribution in [0, 0.1) is 0 Å². The number of esters is 1. The molecule has 0 saturated carbocycles. The minimum Gasteiger partial charge on any atom is -0.465 e. The lowest BCUT2D eigenvalue weighted by atomic mass is 10.0. The Morgan fingerprint density at radius 2 is 1.90 bits per heavy atom. The lowest BCUT2D eigenvalue weighted by Gasteiger charge is -2.33. The number of nitrogens with zero attached hydrogens (tertiary/aromatic N) is 3. The van der Waals surface area contributed by atoms with E-state index < -0.39 is 36.5 Å². The number of hydrazine groups is 1. The molecule has 228 valence electrons. The van der Waals surface area contributed by atoms with E-state index in [1.807, 2.05) is 0 Å². The van der Waals surface area contributed by atoms with Crippen LogP contribution in [0.2, 0.25) is 0 Å². The van der Waals surface area contributed by atoms with Crippen molar-refractivity contribution in [1.82, 2.24) is 25.4 Å². The van der Waals surface area contributed by atoms with E-state index in [1.165, 1.54) is 38.8 Å². The summed E-state index contributed by atoms with van der Waals surface area (Å²) < 4.78 is 65.7. The fourth-order valence-electron chi connectivity index (χ4n) is 4.89. The Morgan fingerprint density at radius 3 is 2.52 bits per heavy atom. The van der Waals surface area contributed by atoms with Gasteiger partial charge in [0.2, 0.25) is 5.95 Å². The monoisotopic (exact) mass is 610 g/mol. The number of aromatic nitrogens is 3. The molecule has 0 bridgehead atoms. The maximum atomic E-state index is 14.1. The number of piperidine rings is 1. The first-order valence-corrected chi connectivity index (χ1v) is 15.8. The van der Waals surface area contributed by atoms with E-state index in [9.17, 15) is 27.3 Å². The maximum Gasteiger partial charge on any atom is 0.422 e. The third-order valence-electron chi connectivity index (χ3n) is 6.52. The van der Waals surface area contributed by atoms with Crippen LogP contribution < -0.4 is 16.0 Å². The minimum atomic E-state index is -4.77. The van der Waals surface area contributed by atoms with Gasteiger partial charge in [0.25, 0.3) is 0 Å². The fourth-order valence-corrected chi connectivity index (χ4v) is 6.36. The zero-order valence-electron chi connectivity index (χ0n) is 24.2. The number of carbonyl (C=O) groups is 2. The number of nitrogens with one attached hydrogen (secondary N) is 3. The number of fused-ring (bicyclic) bond motifs is 1. The Bertz CT molecular complexity index is 1550. The number of rotatable bonds is 6. The highest BCUT2D eigenvalue weighted by Crippen LogP contribution is 2.43. The van der Waals surface area contributed by atoms with Crippen LogP contribution in [0.4, 0.5) is 23.9 Å². The maximum absolute atomic E-state index is 14.1. The van der Waals surface area contributed by atoms with Crippen molar-refractivity contribution < 1.29 is 36.8 Å². The summed E-state index contributed by atoms with van der Waals surface area (Å²) in [5.41, 5.74) is 1.01. The molecule has 1 aromatic carbocycles. The van der Waals surface area contributed by atoms with Crippen LogP contribution in [0.3, 0.4) is 0 Å².